The second-order valence-corrected chi connectivity index (χ2v) is 3.07. The van der Waals surface area contributed by atoms with Crippen molar-refractivity contribution in [3.05, 3.63) is 0 Å². The lowest BCUT2D eigenvalue weighted by Gasteiger charge is -2.04. The van der Waals surface area contributed by atoms with E-state index in [-0.39, 0.29) is 13.4 Å². The molecule has 6 nitrogen and oxygen atoms in total. The summed E-state index contributed by atoms with van der Waals surface area (Å²) >= 11 is 0. The summed E-state index contributed by atoms with van der Waals surface area (Å²) in [6.07, 6.45) is 2.07. The van der Waals surface area contributed by atoms with Gasteiger partial charge in [0.05, 0.1) is 25.4 Å². The van der Waals surface area contributed by atoms with Crippen molar-refractivity contribution in [2.75, 3.05) is 26.8 Å². The Kier molecular flexibility index (Phi) is 16.7. The molecule has 0 aromatic carbocycles. The van der Waals surface area contributed by atoms with Crippen LogP contribution in [-0.2, 0) is 9.47 Å². The van der Waals surface area contributed by atoms with Crippen LogP contribution in [0.1, 0.15) is 26.7 Å². The van der Waals surface area contributed by atoms with Crippen LogP contribution in [0, 0.1) is 0 Å². The summed E-state index contributed by atoms with van der Waals surface area (Å²) in [7, 11) is 0. The molecule has 6 heteroatoms. The van der Waals surface area contributed by atoms with E-state index in [1.54, 1.807) is 0 Å². The van der Waals surface area contributed by atoms with Crippen LogP contribution in [0.15, 0.2) is 0 Å². The second-order valence-electron chi connectivity index (χ2n) is 3.07. The molecule has 0 spiro atoms. The van der Waals surface area contributed by atoms with E-state index in [4.69, 9.17) is 25.2 Å². The Labute approximate surface area is 96.4 Å². The molecule has 0 aromatic heterocycles. The molecule has 1 aliphatic heterocycles. The maximum Gasteiger partial charge on any atom is 0.143 e. The summed E-state index contributed by atoms with van der Waals surface area (Å²) in [6.45, 7) is 4.17. The van der Waals surface area contributed by atoms with Gasteiger partial charge in [0, 0.05) is 0 Å². The fourth-order valence-corrected chi connectivity index (χ4v) is 0.610. The van der Waals surface area contributed by atoms with Crippen molar-refractivity contribution >= 4 is 0 Å². The zero-order valence-corrected chi connectivity index (χ0v) is 10.0. The summed E-state index contributed by atoms with van der Waals surface area (Å²) in [5, 5.41) is 31.1. The van der Waals surface area contributed by atoms with Crippen molar-refractivity contribution in [1.29, 1.82) is 0 Å². The van der Waals surface area contributed by atoms with E-state index in [2.05, 4.69) is 11.7 Å². The van der Waals surface area contributed by atoms with E-state index in [0.29, 0.717) is 12.5 Å². The van der Waals surface area contributed by atoms with Gasteiger partial charge < -0.3 is 29.9 Å². The summed E-state index contributed by atoms with van der Waals surface area (Å²) in [6, 6.07) is 0. The van der Waals surface area contributed by atoms with E-state index in [9.17, 15) is 0 Å². The van der Waals surface area contributed by atoms with Crippen LogP contribution in [0.25, 0.3) is 0 Å². The van der Waals surface area contributed by atoms with E-state index in [0.717, 1.165) is 6.61 Å². The minimum atomic E-state index is -0.750. The number of hydrogen-bond donors (Lipinski definition) is 4. The normalized spacial score (nSPS) is 18.8. The molecule has 0 radical (unpaired) electrons. The average molecular weight is 240 g/mol. The number of hydrogen-bond acceptors (Lipinski definition) is 6. The molecular weight excluding hydrogens is 216 g/mol. The predicted octanol–water partition coefficient (Wildman–Crippen LogP) is -0.553. The molecule has 16 heavy (non-hydrogen) atoms. The Hall–Kier alpha value is -0.240. The van der Waals surface area contributed by atoms with Crippen LogP contribution in [0.5, 0.6) is 0 Å². The molecule has 1 saturated heterocycles. The lowest BCUT2D eigenvalue weighted by Crippen LogP contribution is -2.13. The molecule has 2 unspecified atom stereocenters. The van der Waals surface area contributed by atoms with Gasteiger partial charge in [-0.25, -0.2) is 0 Å². The third-order valence-electron chi connectivity index (χ3n) is 1.73. The summed E-state index contributed by atoms with van der Waals surface area (Å²) < 4.78 is 9.35. The smallest absolute Gasteiger partial charge is 0.143 e. The Morgan fingerprint density at radius 3 is 2.00 bits per heavy atom. The Morgan fingerprint density at radius 2 is 1.81 bits per heavy atom. The van der Waals surface area contributed by atoms with Gasteiger partial charge >= 0.3 is 0 Å². The standard InChI is InChI=1S/C5H12O3.C4H8O.CH4O2/c1-2-5(7)3-8-4-6;1-2-4-3-5-4;2-1-3/h5-7H,2-4H2,1H3;4H,2-3H2,1H3;2-3H,1H2. The predicted molar refractivity (Wildman–Crippen MR) is 58.7 cm³/mol. The van der Waals surface area contributed by atoms with Gasteiger partial charge in [0.2, 0.25) is 0 Å². The van der Waals surface area contributed by atoms with Crippen molar-refractivity contribution in [1.82, 2.24) is 0 Å². The zero-order chi connectivity index (χ0) is 12.8. The highest BCUT2D eigenvalue weighted by Crippen LogP contribution is 2.10. The van der Waals surface area contributed by atoms with Gasteiger partial charge in [0.15, 0.2) is 0 Å². The Balaban J connectivity index is 0. The van der Waals surface area contributed by atoms with Gasteiger partial charge in [-0.15, -0.1) is 0 Å². The molecule has 1 heterocycles. The molecule has 100 valence electrons. The summed E-state index contributed by atoms with van der Waals surface area (Å²) in [4.78, 5) is 0. The van der Waals surface area contributed by atoms with E-state index in [1.165, 1.54) is 6.42 Å². The molecule has 1 aliphatic rings. The molecule has 0 amide bonds. The van der Waals surface area contributed by atoms with Crippen molar-refractivity contribution in [2.45, 2.75) is 38.9 Å². The first-order valence-corrected chi connectivity index (χ1v) is 5.36. The van der Waals surface area contributed by atoms with E-state index < -0.39 is 12.9 Å². The first-order chi connectivity index (χ1) is 7.65. The largest absolute Gasteiger partial charge is 0.391 e. The first kappa shape index (κ1) is 18.1. The fraction of sp³-hybridized carbons (Fsp3) is 1.00. The van der Waals surface area contributed by atoms with Gasteiger partial charge in [-0.2, -0.15) is 0 Å². The lowest BCUT2D eigenvalue weighted by molar-refractivity contribution is -0.0419. The molecule has 0 aromatic rings. The number of rotatable bonds is 5. The van der Waals surface area contributed by atoms with E-state index in [1.807, 2.05) is 6.92 Å². The first-order valence-electron chi connectivity index (χ1n) is 5.36. The van der Waals surface area contributed by atoms with Crippen LogP contribution in [0.2, 0.25) is 0 Å². The minimum absolute atomic E-state index is 0.229. The molecular formula is C10H24O6. The molecule has 0 saturated carbocycles. The quantitative estimate of drug-likeness (QED) is 0.380. The van der Waals surface area contributed by atoms with Gasteiger partial charge in [-0.3, -0.25) is 0 Å². The molecule has 1 rings (SSSR count). The highest BCUT2D eigenvalue weighted by atomic mass is 16.6. The zero-order valence-electron chi connectivity index (χ0n) is 10.0. The average Bonchev–Trinajstić information content (AvgIpc) is 3.11. The monoisotopic (exact) mass is 240 g/mol. The topological polar surface area (TPSA) is 103 Å². The van der Waals surface area contributed by atoms with E-state index >= 15 is 0 Å². The van der Waals surface area contributed by atoms with Crippen molar-refractivity contribution in [3.63, 3.8) is 0 Å². The number of aliphatic hydroxyl groups is 4. The van der Waals surface area contributed by atoms with Crippen molar-refractivity contribution in [3.8, 4) is 0 Å². The molecule has 1 fully saturated rings. The van der Waals surface area contributed by atoms with Crippen molar-refractivity contribution < 1.29 is 29.9 Å². The van der Waals surface area contributed by atoms with Gasteiger partial charge in [0.25, 0.3) is 0 Å². The van der Waals surface area contributed by atoms with Crippen LogP contribution < -0.4 is 0 Å². The van der Waals surface area contributed by atoms with Crippen molar-refractivity contribution in [2.24, 2.45) is 0 Å². The van der Waals surface area contributed by atoms with Gasteiger partial charge in [0.1, 0.15) is 13.6 Å². The number of epoxide rings is 1. The van der Waals surface area contributed by atoms with Gasteiger partial charge in [-0.05, 0) is 12.8 Å². The Bertz CT molecular complexity index is 118. The highest BCUT2D eigenvalue weighted by Gasteiger charge is 2.18. The molecule has 0 bridgehead atoms. The lowest BCUT2D eigenvalue weighted by atomic mass is 10.3. The fourth-order valence-electron chi connectivity index (χ4n) is 0.610. The summed E-state index contributed by atoms with van der Waals surface area (Å²) in [5.41, 5.74) is 0. The SMILES string of the molecule is CCC(O)COCO.CCC1CO1.OCO. The Morgan fingerprint density at radius 1 is 1.31 bits per heavy atom. The molecule has 0 aliphatic carbocycles. The van der Waals surface area contributed by atoms with Gasteiger partial charge in [-0.1, -0.05) is 13.8 Å². The maximum atomic E-state index is 8.75. The number of ether oxygens (including phenoxy) is 2. The van der Waals surface area contributed by atoms with Crippen LogP contribution in [0.3, 0.4) is 0 Å². The third kappa shape index (κ3) is 19.4. The van der Waals surface area contributed by atoms with Crippen LogP contribution in [0.4, 0.5) is 0 Å². The minimum Gasteiger partial charge on any atom is -0.391 e. The number of aliphatic hydroxyl groups excluding tert-OH is 3. The van der Waals surface area contributed by atoms with Crippen LogP contribution >= 0.6 is 0 Å². The highest BCUT2D eigenvalue weighted by molar-refractivity contribution is 4.64. The maximum absolute atomic E-state index is 8.75. The second kappa shape index (κ2) is 14.8. The summed E-state index contributed by atoms with van der Waals surface area (Å²) in [5.74, 6) is 0. The van der Waals surface area contributed by atoms with Crippen LogP contribution in [-0.4, -0.2) is 59.4 Å². The molecule has 4 N–H and O–H groups in total. The molecule has 2 atom stereocenters. The third-order valence-corrected chi connectivity index (χ3v) is 1.73.